The summed E-state index contributed by atoms with van der Waals surface area (Å²) in [4.78, 5) is 30.4. The van der Waals surface area contributed by atoms with Gasteiger partial charge in [0.05, 0.1) is 18.8 Å². The van der Waals surface area contributed by atoms with Crippen LogP contribution in [0.25, 0.3) is 0 Å². The molecule has 0 fully saturated rings. The predicted molar refractivity (Wildman–Crippen MR) is 140 cm³/mol. The molecule has 0 spiro atoms. The second-order valence-electron chi connectivity index (χ2n) is 9.72. The number of phosphoric acid groups is 1. The Morgan fingerprint density at radius 2 is 1.15 bits per heavy atom. The standard InChI is InChI=1S/C26H54NO6P/c1-3-5-7-9-11-13-15-17-19-21-25(28)24(23-33-34(30,31)32)27-26(29)22-20-18-16-14-12-10-8-6-4-2/h24-25,28H,3-23H2,1-2H3,(H,27,29)(H2,30,31,32)/t24-,25+/m0/s1. The van der Waals surface area contributed by atoms with Gasteiger partial charge in [-0.05, 0) is 12.8 Å². The van der Waals surface area contributed by atoms with E-state index in [1.807, 2.05) is 0 Å². The van der Waals surface area contributed by atoms with Crippen LogP contribution in [-0.4, -0.2) is 39.6 Å². The summed E-state index contributed by atoms with van der Waals surface area (Å²) in [7, 11) is -4.66. The molecule has 0 aliphatic carbocycles. The van der Waals surface area contributed by atoms with Gasteiger partial charge in [-0.3, -0.25) is 9.32 Å². The SMILES string of the molecule is CCCCCCCCCCCC(=O)N[C@@H](COP(=O)(O)O)[C@H](O)CCCCCCCCCCC. The minimum Gasteiger partial charge on any atom is -0.391 e. The molecule has 4 N–H and O–H groups in total. The Kier molecular flexibility index (Phi) is 22.7. The number of amides is 1. The van der Waals surface area contributed by atoms with Crippen molar-refractivity contribution in [3.8, 4) is 0 Å². The first kappa shape index (κ1) is 33.5. The lowest BCUT2D eigenvalue weighted by atomic mass is 10.0. The Balaban J connectivity index is 4.14. The van der Waals surface area contributed by atoms with Crippen LogP contribution in [0.3, 0.4) is 0 Å². The van der Waals surface area contributed by atoms with Crippen molar-refractivity contribution in [2.75, 3.05) is 6.61 Å². The zero-order valence-electron chi connectivity index (χ0n) is 22.0. The summed E-state index contributed by atoms with van der Waals surface area (Å²) in [6.07, 6.45) is 20.9. The van der Waals surface area contributed by atoms with E-state index in [0.717, 1.165) is 38.5 Å². The van der Waals surface area contributed by atoms with Crippen molar-refractivity contribution >= 4 is 13.7 Å². The van der Waals surface area contributed by atoms with Crippen LogP contribution < -0.4 is 5.32 Å². The van der Waals surface area contributed by atoms with Gasteiger partial charge in [-0.2, -0.15) is 0 Å². The molecule has 7 nitrogen and oxygen atoms in total. The Hall–Kier alpha value is -0.460. The summed E-state index contributed by atoms with van der Waals surface area (Å²) in [5.74, 6) is -0.201. The maximum Gasteiger partial charge on any atom is 0.469 e. The van der Waals surface area contributed by atoms with E-state index >= 15 is 0 Å². The van der Waals surface area contributed by atoms with E-state index in [-0.39, 0.29) is 5.91 Å². The van der Waals surface area contributed by atoms with Gasteiger partial charge in [-0.1, -0.05) is 123 Å². The minimum atomic E-state index is -4.66. The number of rotatable bonds is 25. The molecule has 34 heavy (non-hydrogen) atoms. The van der Waals surface area contributed by atoms with Crippen molar-refractivity contribution in [2.45, 2.75) is 154 Å². The highest BCUT2D eigenvalue weighted by Crippen LogP contribution is 2.36. The largest absolute Gasteiger partial charge is 0.469 e. The van der Waals surface area contributed by atoms with Crippen LogP contribution in [0.5, 0.6) is 0 Å². The topological polar surface area (TPSA) is 116 Å². The van der Waals surface area contributed by atoms with Gasteiger partial charge in [0, 0.05) is 6.42 Å². The lowest BCUT2D eigenvalue weighted by Gasteiger charge is -2.24. The van der Waals surface area contributed by atoms with E-state index in [9.17, 15) is 14.5 Å². The van der Waals surface area contributed by atoms with E-state index in [4.69, 9.17) is 9.79 Å². The van der Waals surface area contributed by atoms with Gasteiger partial charge >= 0.3 is 7.82 Å². The molecule has 0 aliphatic rings. The first-order valence-corrected chi connectivity index (χ1v) is 15.5. The summed E-state index contributed by atoms with van der Waals surface area (Å²) in [6, 6.07) is -0.812. The molecule has 0 unspecified atom stereocenters. The molecule has 0 radical (unpaired) electrons. The molecule has 1 amide bonds. The maximum absolute atomic E-state index is 12.3. The van der Waals surface area contributed by atoms with Gasteiger partial charge in [0.25, 0.3) is 0 Å². The summed E-state index contributed by atoms with van der Waals surface area (Å²) in [6.45, 7) is 4.03. The highest BCUT2D eigenvalue weighted by atomic mass is 31.2. The van der Waals surface area contributed by atoms with Crippen LogP contribution in [0.2, 0.25) is 0 Å². The smallest absolute Gasteiger partial charge is 0.391 e. The fraction of sp³-hybridized carbons (Fsp3) is 0.962. The zero-order chi connectivity index (χ0) is 25.5. The molecule has 2 atom stereocenters. The van der Waals surface area contributed by atoms with Crippen molar-refractivity contribution in [1.29, 1.82) is 0 Å². The molecule has 0 rings (SSSR count). The van der Waals surface area contributed by atoms with Crippen LogP contribution in [0.15, 0.2) is 0 Å². The fourth-order valence-corrected chi connectivity index (χ4v) is 4.52. The third-order valence-electron chi connectivity index (χ3n) is 6.34. The van der Waals surface area contributed by atoms with Crippen molar-refractivity contribution in [2.24, 2.45) is 0 Å². The molecule has 0 aliphatic heterocycles. The lowest BCUT2D eigenvalue weighted by Crippen LogP contribution is -2.46. The quantitative estimate of drug-likeness (QED) is 0.0799. The molecular formula is C26H54NO6P. The summed E-state index contributed by atoms with van der Waals surface area (Å²) in [5, 5.41) is 13.3. The van der Waals surface area contributed by atoms with E-state index in [1.54, 1.807) is 0 Å². The summed E-state index contributed by atoms with van der Waals surface area (Å²) < 4.78 is 15.7. The maximum atomic E-state index is 12.3. The predicted octanol–water partition coefficient (Wildman–Crippen LogP) is 6.78. The second-order valence-corrected chi connectivity index (χ2v) is 11.0. The van der Waals surface area contributed by atoms with Gasteiger partial charge in [0.2, 0.25) is 5.91 Å². The Morgan fingerprint density at radius 1 is 0.735 bits per heavy atom. The van der Waals surface area contributed by atoms with E-state index in [1.165, 1.54) is 77.0 Å². The minimum absolute atomic E-state index is 0.201. The van der Waals surface area contributed by atoms with Gasteiger partial charge < -0.3 is 20.2 Å². The average Bonchev–Trinajstić information content (AvgIpc) is 2.78. The Bertz CT molecular complexity index is 514. The van der Waals surface area contributed by atoms with Gasteiger partial charge in [0.1, 0.15) is 0 Å². The van der Waals surface area contributed by atoms with Crippen LogP contribution in [-0.2, 0) is 13.9 Å². The van der Waals surface area contributed by atoms with Crippen LogP contribution in [0.4, 0.5) is 0 Å². The molecule has 0 aromatic rings. The fourth-order valence-electron chi connectivity index (χ4n) is 4.17. The summed E-state index contributed by atoms with van der Waals surface area (Å²) >= 11 is 0. The summed E-state index contributed by atoms with van der Waals surface area (Å²) in [5.41, 5.74) is 0. The van der Waals surface area contributed by atoms with Gasteiger partial charge in [-0.15, -0.1) is 0 Å². The van der Waals surface area contributed by atoms with Crippen molar-refractivity contribution in [3.05, 3.63) is 0 Å². The number of unbranched alkanes of at least 4 members (excludes halogenated alkanes) is 16. The zero-order valence-corrected chi connectivity index (χ0v) is 22.9. The van der Waals surface area contributed by atoms with Crippen LogP contribution >= 0.6 is 7.82 Å². The number of aliphatic hydroxyl groups is 1. The third-order valence-corrected chi connectivity index (χ3v) is 6.83. The van der Waals surface area contributed by atoms with E-state index in [2.05, 4.69) is 23.7 Å². The molecule has 0 aromatic carbocycles. The number of phosphoric ester groups is 1. The number of aliphatic hydroxyl groups excluding tert-OH is 1. The van der Waals surface area contributed by atoms with Crippen LogP contribution in [0, 0.1) is 0 Å². The Labute approximate surface area is 209 Å². The molecule has 0 aromatic heterocycles. The number of hydrogen-bond donors (Lipinski definition) is 4. The molecule has 0 bridgehead atoms. The lowest BCUT2D eigenvalue weighted by molar-refractivity contribution is -0.123. The normalized spacial score (nSPS) is 13.7. The number of hydrogen-bond acceptors (Lipinski definition) is 4. The monoisotopic (exact) mass is 507 g/mol. The molecule has 0 saturated carbocycles. The van der Waals surface area contributed by atoms with E-state index < -0.39 is 26.6 Å². The highest BCUT2D eigenvalue weighted by molar-refractivity contribution is 7.46. The van der Waals surface area contributed by atoms with Crippen molar-refractivity contribution in [1.82, 2.24) is 5.32 Å². The highest BCUT2D eigenvalue weighted by Gasteiger charge is 2.25. The molecule has 8 heteroatoms. The van der Waals surface area contributed by atoms with Crippen LogP contribution in [0.1, 0.15) is 142 Å². The van der Waals surface area contributed by atoms with Gasteiger partial charge in [-0.25, -0.2) is 4.57 Å². The number of carbonyl (C=O) groups is 1. The van der Waals surface area contributed by atoms with Crippen molar-refractivity contribution < 1.29 is 28.8 Å². The average molecular weight is 508 g/mol. The molecule has 204 valence electrons. The van der Waals surface area contributed by atoms with E-state index in [0.29, 0.717) is 12.8 Å². The first-order chi connectivity index (χ1) is 16.3. The Morgan fingerprint density at radius 3 is 1.59 bits per heavy atom. The van der Waals surface area contributed by atoms with Crippen molar-refractivity contribution in [3.63, 3.8) is 0 Å². The van der Waals surface area contributed by atoms with Gasteiger partial charge in [0.15, 0.2) is 0 Å². The third kappa shape index (κ3) is 23.3. The molecule has 0 saturated heterocycles. The molecular weight excluding hydrogens is 453 g/mol. The number of nitrogens with one attached hydrogen (secondary N) is 1. The molecule has 0 heterocycles. The first-order valence-electron chi connectivity index (χ1n) is 14.0. The number of carbonyl (C=O) groups excluding carboxylic acids is 1. The second kappa shape index (κ2) is 23.0.